The van der Waals surface area contributed by atoms with E-state index in [9.17, 15) is 4.79 Å². The molecule has 1 amide bonds. The standard InChI is InChI=1S/C17H17Cl2NO3/c1-10-8-13(5-6-14(10)18)23-11(2)17(21)20-12-4-7-16(22-3)15(19)9-12/h4-9,11H,1-3H3,(H,20,21)/t11-/m0/s1. The van der Waals surface area contributed by atoms with Crippen molar-refractivity contribution in [3.8, 4) is 11.5 Å². The van der Waals surface area contributed by atoms with Gasteiger partial charge in [0.2, 0.25) is 0 Å². The second-order valence-electron chi connectivity index (χ2n) is 5.01. The van der Waals surface area contributed by atoms with Crippen molar-refractivity contribution in [2.45, 2.75) is 20.0 Å². The third-order valence-corrected chi connectivity index (χ3v) is 3.95. The number of methoxy groups -OCH3 is 1. The molecule has 4 nitrogen and oxygen atoms in total. The van der Waals surface area contributed by atoms with Gasteiger partial charge in [0.25, 0.3) is 5.91 Å². The van der Waals surface area contributed by atoms with Crippen LogP contribution >= 0.6 is 23.2 Å². The number of ether oxygens (including phenoxy) is 2. The van der Waals surface area contributed by atoms with Crippen LogP contribution in [0.3, 0.4) is 0 Å². The Bertz CT molecular complexity index is 719. The van der Waals surface area contributed by atoms with E-state index in [0.29, 0.717) is 27.2 Å². The lowest BCUT2D eigenvalue weighted by molar-refractivity contribution is -0.122. The van der Waals surface area contributed by atoms with Crippen LogP contribution in [-0.2, 0) is 4.79 Å². The first-order chi connectivity index (χ1) is 10.9. The monoisotopic (exact) mass is 353 g/mol. The van der Waals surface area contributed by atoms with E-state index in [-0.39, 0.29) is 5.91 Å². The molecule has 0 aliphatic carbocycles. The Kier molecular flexibility index (Phi) is 5.74. The third-order valence-electron chi connectivity index (χ3n) is 3.23. The maximum atomic E-state index is 12.2. The molecule has 0 spiro atoms. The maximum absolute atomic E-state index is 12.2. The molecule has 2 aromatic rings. The van der Waals surface area contributed by atoms with Gasteiger partial charge in [-0.05, 0) is 55.8 Å². The summed E-state index contributed by atoms with van der Waals surface area (Å²) in [7, 11) is 1.53. The number of halogens is 2. The molecule has 0 unspecified atom stereocenters. The van der Waals surface area contributed by atoms with Crippen molar-refractivity contribution in [1.82, 2.24) is 0 Å². The number of aryl methyl sites for hydroxylation is 1. The Balaban J connectivity index is 2.02. The first-order valence-corrected chi connectivity index (χ1v) is 7.73. The Morgan fingerprint density at radius 3 is 2.48 bits per heavy atom. The van der Waals surface area contributed by atoms with Crippen LogP contribution in [0.4, 0.5) is 5.69 Å². The summed E-state index contributed by atoms with van der Waals surface area (Å²) >= 11 is 12.0. The van der Waals surface area contributed by atoms with E-state index in [1.165, 1.54) is 7.11 Å². The summed E-state index contributed by atoms with van der Waals surface area (Å²) in [6.45, 7) is 3.55. The number of carbonyl (C=O) groups is 1. The predicted octanol–water partition coefficient (Wildman–Crippen LogP) is 4.72. The number of hydrogen-bond acceptors (Lipinski definition) is 3. The minimum atomic E-state index is -0.670. The van der Waals surface area contributed by atoms with Gasteiger partial charge in [0.05, 0.1) is 12.1 Å². The van der Waals surface area contributed by atoms with Crippen LogP contribution in [0.15, 0.2) is 36.4 Å². The van der Waals surface area contributed by atoms with Crippen molar-refractivity contribution < 1.29 is 14.3 Å². The fourth-order valence-corrected chi connectivity index (χ4v) is 2.31. The van der Waals surface area contributed by atoms with Crippen molar-refractivity contribution >= 4 is 34.8 Å². The summed E-state index contributed by atoms with van der Waals surface area (Å²) in [6, 6.07) is 10.3. The Hall–Kier alpha value is -1.91. The van der Waals surface area contributed by atoms with Gasteiger partial charge in [-0.25, -0.2) is 0 Å². The molecule has 0 saturated carbocycles. The predicted molar refractivity (Wildman–Crippen MR) is 92.9 cm³/mol. The highest BCUT2D eigenvalue weighted by Gasteiger charge is 2.16. The van der Waals surface area contributed by atoms with Gasteiger partial charge < -0.3 is 14.8 Å². The molecule has 0 saturated heterocycles. The number of amides is 1. The topological polar surface area (TPSA) is 47.6 Å². The van der Waals surface area contributed by atoms with Crippen LogP contribution in [0, 0.1) is 6.92 Å². The van der Waals surface area contributed by atoms with E-state index in [2.05, 4.69) is 5.32 Å². The lowest BCUT2D eigenvalue weighted by Gasteiger charge is -2.16. The highest BCUT2D eigenvalue weighted by Crippen LogP contribution is 2.27. The molecule has 0 aliphatic rings. The first-order valence-electron chi connectivity index (χ1n) is 6.98. The van der Waals surface area contributed by atoms with Gasteiger partial charge in [-0.3, -0.25) is 4.79 Å². The molecule has 23 heavy (non-hydrogen) atoms. The summed E-state index contributed by atoms with van der Waals surface area (Å²) in [5.74, 6) is 0.853. The van der Waals surface area contributed by atoms with Gasteiger partial charge in [-0.1, -0.05) is 23.2 Å². The highest BCUT2D eigenvalue weighted by atomic mass is 35.5. The average Bonchev–Trinajstić information content (AvgIpc) is 2.51. The molecule has 2 rings (SSSR count). The molecular formula is C17H17Cl2NO3. The number of rotatable bonds is 5. The van der Waals surface area contributed by atoms with E-state index in [1.54, 1.807) is 43.3 Å². The van der Waals surface area contributed by atoms with Crippen LogP contribution in [-0.4, -0.2) is 19.1 Å². The average molecular weight is 354 g/mol. The number of benzene rings is 2. The van der Waals surface area contributed by atoms with E-state index < -0.39 is 6.10 Å². The summed E-state index contributed by atoms with van der Waals surface area (Å²) in [6.07, 6.45) is -0.670. The van der Waals surface area contributed by atoms with Crippen LogP contribution in [0.5, 0.6) is 11.5 Å². The normalized spacial score (nSPS) is 11.7. The highest BCUT2D eigenvalue weighted by molar-refractivity contribution is 6.32. The van der Waals surface area contributed by atoms with Crippen LogP contribution in [0.25, 0.3) is 0 Å². The fourth-order valence-electron chi connectivity index (χ4n) is 1.94. The number of carbonyl (C=O) groups excluding carboxylic acids is 1. The third kappa shape index (κ3) is 4.53. The van der Waals surface area contributed by atoms with Gasteiger partial charge in [-0.15, -0.1) is 0 Å². The molecule has 122 valence electrons. The van der Waals surface area contributed by atoms with Crippen LogP contribution in [0.1, 0.15) is 12.5 Å². The van der Waals surface area contributed by atoms with Gasteiger partial charge in [0.15, 0.2) is 6.10 Å². The largest absolute Gasteiger partial charge is 0.495 e. The van der Waals surface area contributed by atoms with Gasteiger partial charge >= 0.3 is 0 Å². The zero-order valence-electron chi connectivity index (χ0n) is 13.0. The SMILES string of the molecule is COc1ccc(NC(=O)[C@H](C)Oc2ccc(Cl)c(C)c2)cc1Cl. The quantitative estimate of drug-likeness (QED) is 0.845. The lowest BCUT2D eigenvalue weighted by atomic mass is 10.2. The smallest absolute Gasteiger partial charge is 0.265 e. The summed E-state index contributed by atoms with van der Waals surface area (Å²) in [5, 5.41) is 3.83. The van der Waals surface area contributed by atoms with Crippen molar-refractivity contribution in [1.29, 1.82) is 0 Å². The van der Waals surface area contributed by atoms with E-state index >= 15 is 0 Å². The van der Waals surface area contributed by atoms with Gasteiger partial charge in [-0.2, -0.15) is 0 Å². The number of hydrogen-bond donors (Lipinski definition) is 1. The molecular weight excluding hydrogens is 337 g/mol. The molecule has 6 heteroatoms. The van der Waals surface area contributed by atoms with Crippen molar-refractivity contribution in [3.05, 3.63) is 52.0 Å². The molecule has 0 radical (unpaired) electrons. The van der Waals surface area contributed by atoms with E-state index in [4.69, 9.17) is 32.7 Å². The molecule has 1 N–H and O–H groups in total. The molecule has 0 aromatic heterocycles. The van der Waals surface area contributed by atoms with Gasteiger partial charge in [0.1, 0.15) is 11.5 Å². The number of nitrogens with one attached hydrogen (secondary N) is 1. The molecule has 0 heterocycles. The number of anilines is 1. The summed E-state index contributed by atoms with van der Waals surface area (Å²) < 4.78 is 10.7. The van der Waals surface area contributed by atoms with Crippen molar-refractivity contribution in [2.24, 2.45) is 0 Å². The second-order valence-corrected chi connectivity index (χ2v) is 5.82. The minimum absolute atomic E-state index is 0.279. The zero-order chi connectivity index (χ0) is 17.0. The molecule has 1 atom stereocenters. The molecule has 0 bridgehead atoms. The lowest BCUT2D eigenvalue weighted by Crippen LogP contribution is -2.30. The Morgan fingerprint density at radius 1 is 1.13 bits per heavy atom. The summed E-state index contributed by atoms with van der Waals surface area (Å²) in [4.78, 5) is 12.2. The molecule has 0 aliphatic heterocycles. The maximum Gasteiger partial charge on any atom is 0.265 e. The van der Waals surface area contributed by atoms with E-state index in [0.717, 1.165) is 5.56 Å². The van der Waals surface area contributed by atoms with E-state index in [1.807, 2.05) is 6.92 Å². The second kappa shape index (κ2) is 7.57. The van der Waals surface area contributed by atoms with Crippen LogP contribution in [0.2, 0.25) is 10.0 Å². The minimum Gasteiger partial charge on any atom is -0.495 e. The van der Waals surface area contributed by atoms with Crippen molar-refractivity contribution in [3.63, 3.8) is 0 Å². The fraction of sp³-hybridized carbons (Fsp3) is 0.235. The zero-order valence-corrected chi connectivity index (χ0v) is 14.5. The molecule has 2 aromatic carbocycles. The summed E-state index contributed by atoms with van der Waals surface area (Å²) in [5.41, 5.74) is 1.46. The Morgan fingerprint density at radius 2 is 1.87 bits per heavy atom. The molecule has 0 fully saturated rings. The van der Waals surface area contributed by atoms with Crippen molar-refractivity contribution in [2.75, 3.05) is 12.4 Å². The Labute approximate surface area is 145 Å². The van der Waals surface area contributed by atoms with Gasteiger partial charge in [0, 0.05) is 10.7 Å². The first kappa shape index (κ1) is 17.4. The van der Waals surface area contributed by atoms with Crippen LogP contribution < -0.4 is 14.8 Å².